The molecular weight excluding hydrogens is 557 g/mol. The van der Waals surface area contributed by atoms with Gasteiger partial charge in [-0.3, -0.25) is 28.9 Å². The highest BCUT2D eigenvalue weighted by molar-refractivity contribution is 6.33. The van der Waals surface area contributed by atoms with Crippen LogP contribution in [0.3, 0.4) is 0 Å². The van der Waals surface area contributed by atoms with E-state index in [1.54, 1.807) is 25.1 Å². The van der Waals surface area contributed by atoms with Gasteiger partial charge in [0.1, 0.15) is 11.6 Å². The lowest BCUT2D eigenvalue weighted by Gasteiger charge is -2.61. The fourth-order valence-electron chi connectivity index (χ4n) is 8.19. The van der Waals surface area contributed by atoms with Crippen LogP contribution < -0.4 is 5.73 Å². The van der Waals surface area contributed by atoms with Gasteiger partial charge in [0.05, 0.1) is 17.5 Å². The molecule has 228 valence electrons. The lowest BCUT2D eigenvalue weighted by Crippen LogP contribution is -2.79. The normalized spacial score (nSPS) is 32.1. The fourth-order valence-corrected chi connectivity index (χ4v) is 8.19. The topological polar surface area (TPSA) is 158 Å². The van der Waals surface area contributed by atoms with Crippen molar-refractivity contribution >= 4 is 29.0 Å². The van der Waals surface area contributed by atoms with Gasteiger partial charge in [0.25, 0.3) is 0 Å². The number of phenols is 1. The molecule has 2 aromatic carbocycles. The average molecular weight is 594 g/mol. The third kappa shape index (κ3) is 4.12. The second kappa shape index (κ2) is 9.87. The first-order chi connectivity index (χ1) is 19.9. The van der Waals surface area contributed by atoms with Gasteiger partial charge < -0.3 is 20.8 Å². The van der Waals surface area contributed by atoms with E-state index in [1.807, 2.05) is 19.0 Å². The number of rotatable bonds is 5. The number of Topliss-reactive ketones (excluding diaryl/α,β-unsaturated/α-hetero) is 4. The van der Waals surface area contributed by atoms with Gasteiger partial charge in [0, 0.05) is 17.5 Å². The summed E-state index contributed by atoms with van der Waals surface area (Å²) in [6, 6.07) is 6.30. The molecule has 2 unspecified atom stereocenters. The average Bonchev–Trinajstić information content (AvgIpc) is 2.87. The number of carbonyl (C=O) groups is 5. The van der Waals surface area contributed by atoms with Crippen LogP contribution in [-0.4, -0.2) is 88.9 Å². The van der Waals surface area contributed by atoms with Crippen LogP contribution in [0.15, 0.2) is 30.3 Å². The van der Waals surface area contributed by atoms with Crippen molar-refractivity contribution in [1.29, 1.82) is 0 Å². The third-order valence-corrected chi connectivity index (χ3v) is 9.71. The molecule has 2 saturated carbocycles. The molecular formula is C32H36FN3O7. The van der Waals surface area contributed by atoms with Crippen LogP contribution in [0, 0.1) is 28.5 Å². The van der Waals surface area contributed by atoms with E-state index in [9.17, 15) is 38.6 Å². The molecule has 0 aliphatic heterocycles. The number of amides is 1. The molecule has 1 amide bonds. The summed E-state index contributed by atoms with van der Waals surface area (Å²) in [7, 11) is 6.70. The highest BCUT2D eigenvalue weighted by Gasteiger charge is 2.76. The zero-order chi connectivity index (χ0) is 32.0. The quantitative estimate of drug-likeness (QED) is 0.437. The van der Waals surface area contributed by atoms with Gasteiger partial charge in [0.2, 0.25) is 5.91 Å². The Morgan fingerprint density at radius 3 is 2.28 bits per heavy atom. The van der Waals surface area contributed by atoms with Crippen LogP contribution in [0.5, 0.6) is 5.75 Å². The van der Waals surface area contributed by atoms with E-state index in [0.29, 0.717) is 28.8 Å². The number of nitrogens with two attached hydrogens (primary N) is 1. The molecule has 2 fully saturated rings. The Kier molecular flexibility index (Phi) is 7.03. The van der Waals surface area contributed by atoms with Gasteiger partial charge in [-0.2, -0.15) is 0 Å². The lowest BCUT2D eigenvalue weighted by atomic mass is 9.42. The third-order valence-electron chi connectivity index (χ3n) is 9.71. The zero-order valence-electron chi connectivity index (χ0n) is 25.0. The number of fused-ring (bicyclic) bond motifs is 3. The van der Waals surface area contributed by atoms with E-state index in [2.05, 4.69) is 0 Å². The zero-order valence-corrected chi connectivity index (χ0v) is 25.0. The Bertz CT molecular complexity index is 1620. The van der Waals surface area contributed by atoms with Crippen LogP contribution in [-0.2, 0) is 32.1 Å². The monoisotopic (exact) mass is 593 g/mol. The van der Waals surface area contributed by atoms with Crippen LogP contribution in [0.2, 0.25) is 0 Å². The number of halogens is 1. The first kappa shape index (κ1) is 30.7. The minimum absolute atomic E-state index is 0.0715. The van der Waals surface area contributed by atoms with Crippen molar-refractivity contribution in [3.05, 3.63) is 52.8 Å². The minimum Gasteiger partial charge on any atom is -0.507 e. The van der Waals surface area contributed by atoms with E-state index in [1.165, 1.54) is 38.1 Å². The number of likely N-dealkylation sites (N-methyl/N-ethyl adjacent to an activating group) is 1. The predicted octanol–water partition coefficient (Wildman–Crippen LogP) is 1.51. The first-order valence-corrected chi connectivity index (χ1v) is 14.0. The Morgan fingerprint density at radius 2 is 1.70 bits per heavy atom. The Balaban J connectivity index is 1.72. The summed E-state index contributed by atoms with van der Waals surface area (Å²) in [5, 5.41) is 23.0. The van der Waals surface area contributed by atoms with E-state index >= 15 is 0 Å². The Morgan fingerprint density at radius 1 is 1.05 bits per heavy atom. The SMILES string of the molecule is CN(C)Cc1cc(-c2ccc(O)c3c2C[C@@]2(C)C[C@@]4(C)[C@H](N(C)C)C(=O)C(C(N)=O)C(=O)[C@@]4(O)C(=O)C2C3=O)ccc1F. The maximum Gasteiger partial charge on any atom is 0.235 e. The molecule has 0 bridgehead atoms. The van der Waals surface area contributed by atoms with Crippen molar-refractivity contribution in [2.75, 3.05) is 28.2 Å². The predicted molar refractivity (Wildman–Crippen MR) is 153 cm³/mol. The number of hydrogen-bond donors (Lipinski definition) is 3. The number of benzene rings is 2. The minimum atomic E-state index is -2.86. The molecule has 43 heavy (non-hydrogen) atoms. The summed E-state index contributed by atoms with van der Waals surface area (Å²) in [5.74, 6) is -9.69. The van der Waals surface area contributed by atoms with E-state index in [0.717, 1.165) is 0 Å². The highest BCUT2D eigenvalue weighted by atomic mass is 19.1. The molecule has 6 atom stereocenters. The molecule has 0 aromatic heterocycles. The van der Waals surface area contributed by atoms with Crippen LogP contribution in [0.4, 0.5) is 4.39 Å². The van der Waals surface area contributed by atoms with Crippen molar-refractivity contribution < 1.29 is 38.6 Å². The molecule has 0 heterocycles. The van der Waals surface area contributed by atoms with E-state index < -0.39 is 69.2 Å². The van der Waals surface area contributed by atoms with Crippen molar-refractivity contribution in [3.63, 3.8) is 0 Å². The second-order valence-corrected chi connectivity index (χ2v) is 13.3. The number of ketones is 4. The maximum atomic E-state index is 14.6. The van der Waals surface area contributed by atoms with Gasteiger partial charge in [-0.1, -0.05) is 26.0 Å². The Labute approximate surface area is 248 Å². The smallest absolute Gasteiger partial charge is 0.235 e. The fraction of sp³-hybridized carbons (Fsp3) is 0.469. The molecule has 5 rings (SSSR count). The lowest BCUT2D eigenvalue weighted by molar-refractivity contribution is -0.203. The summed E-state index contributed by atoms with van der Waals surface area (Å²) in [6.07, 6.45) is -0.0453. The summed E-state index contributed by atoms with van der Waals surface area (Å²) in [6.45, 7) is 3.48. The van der Waals surface area contributed by atoms with Crippen molar-refractivity contribution in [1.82, 2.24) is 9.80 Å². The molecule has 2 aromatic rings. The Hall–Kier alpha value is -3.80. The summed E-state index contributed by atoms with van der Waals surface area (Å²) < 4.78 is 14.6. The van der Waals surface area contributed by atoms with Crippen LogP contribution >= 0.6 is 0 Å². The van der Waals surface area contributed by atoms with Gasteiger partial charge in [-0.15, -0.1) is 0 Å². The summed E-state index contributed by atoms with van der Waals surface area (Å²) >= 11 is 0. The number of aromatic hydroxyl groups is 1. The van der Waals surface area contributed by atoms with Crippen LogP contribution in [0.25, 0.3) is 11.1 Å². The number of carbonyl (C=O) groups excluding carboxylic acids is 5. The van der Waals surface area contributed by atoms with E-state index in [4.69, 9.17) is 5.73 Å². The molecule has 4 N–H and O–H groups in total. The maximum absolute atomic E-state index is 14.6. The van der Waals surface area contributed by atoms with Crippen LogP contribution in [0.1, 0.15) is 41.8 Å². The highest BCUT2D eigenvalue weighted by Crippen LogP contribution is 2.62. The molecule has 11 heteroatoms. The largest absolute Gasteiger partial charge is 0.507 e. The number of phenolic OH excluding ortho intramolecular Hbond substituents is 1. The molecule has 3 aliphatic rings. The van der Waals surface area contributed by atoms with Crippen molar-refractivity contribution in [3.8, 4) is 16.9 Å². The molecule has 10 nitrogen and oxygen atoms in total. The number of primary amides is 1. The summed E-state index contributed by atoms with van der Waals surface area (Å²) in [5.41, 5.74) is 1.55. The molecule has 0 radical (unpaired) electrons. The van der Waals surface area contributed by atoms with Crippen molar-refractivity contribution in [2.24, 2.45) is 28.4 Å². The molecule has 0 saturated heterocycles. The number of nitrogens with zero attached hydrogens (tertiary/aromatic N) is 2. The summed E-state index contributed by atoms with van der Waals surface area (Å²) in [4.78, 5) is 71.4. The van der Waals surface area contributed by atoms with E-state index in [-0.39, 0.29) is 24.2 Å². The van der Waals surface area contributed by atoms with Crippen molar-refractivity contribution in [2.45, 2.75) is 44.9 Å². The molecule has 0 spiro atoms. The van der Waals surface area contributed by atoms with Gasteiger partial charge in [0.15, 0.2) is 34.7 Å². The standard InChI is InChI=1S/C32H36FN3O7/c1-30-12-18-17(15-7-9-19(33)16(11-15)13-35(3)4)8-10-20(37)21(18)24(38)23(30)28(41)32(43)27(40)22(29(34)42)25(39)26(36(5)6)31(32,2)14-30/h7-11,22-23,26,37,43H,12-14H2,1-6H3,(H2,34,42)/t22?,23?,26-,30+,31+,32-/m1/s1. The second-order valence-electron chi connectivity index (χ2n) is 13.3. The van der Waals surface area contributed by atoms with Gasteiger partial charge in [-0.25, -0.2) is 4.39 Å². The number of aliphatic hydroxyl groups is 1. The molecule has 3 aliphatic carbocycles. The van der Waals surface area contributed by atoms with Gasteiger partial charge in [-0.05, 0) is 81.3 Å². The van der Waals surface area contributed by atoms with Gasteiger partial charge >= 0.3 is 0 Å². The first-order valence-electron chi connectivity index (χ1n) is 14.0. The number of hydrogen-bond acceptors (Lipinski definition) is 9.